The first kappa shape index (κ1) is 11.8. The van der Waals surface area contributed by atoms with Gasteiger partial charge in [0.05, 0.1) is 13.2 Å². The van der Waals surface area contributed by atoms with Crippen LogP contribution in [-0.2, 0) is 4.74 Å². The minimum atomic E-state index is -0.997. The molecule has 4 nitrogen and oxygen atoms in total. The minimum Gasteiger partial charge on any atom is -0.396 e. The summed E-state index contributed by atoms with van der Waals surface area (Å²) in [7, 11) is 0. The van der Waals surface area contributed by atoms with E-state index < -0.39 is 5.60 Å². The average Bonchev–Trinajstić information content (AvgIpc) is 2.13. The summed E-state index contributed by atoms with van der Waals surface area (Å²) in [6.07, 6.45) is 0. The average molecular weight is 178 g/mol. The van der Waals surface area contributed by atoms with Gasteiger partial charge in [-0.05, 0) is 6.92 Å². The van der Waals surface area contributed by atoms with Crippen LogP contribution in [0.25, 0.3) is 0 Å². The zero-order valence-corrected chi connectivity index (χ0v) is 7.66. The Labute approximate surface area is 72.8 Å². The lowest BCUT2D eigenvalue weighted by atomic mass is 9.91. The molecule has 0 heterocycles. The Bertz CT molecular complexity index is 112. The number of hydrogen-bond acceptors (Lipinski definition) is 4. The van der Waals surface area contributed by atoms with Crippen LogP contribution in [-0.4, -0.2) is 47.3 Å². The van der Waals surface area contributed by atoms with Gasteiger partial charge in [-0.25, -0.2) is 0 Å². The molecular weight excluding hydrogens is 160 g/mol. The Balaban J connectivity index is 4.33. The van der Waals surface area contributed by atoms with E-state index in [0.29, 0.717) is 6.61 Å². The predicted molar refractivity (Wildman–Crippen MR) is 44.8 cm³/mol. The summed E-state index contributed by atoms with van der Waals surface area (Å²) in [5.74, 6) is -0.271. The summed E-state index contributed by atoms with van der Waals surface area (Å²) in [4.78, 5) is 0. The fourth-order valence-electron chi connectivity index (χ4n) is 1.05. The van der Waals surface area contributed by atoms with E-state index in [-0.39, 0.29) is 25.7 Å². The van der Waals surface area contributed by atoms with Crippen LogP contribution in [0.3, 0.4) is 0 Å². The maximum absolute atomic E-state index is 9.01. The summed E-state index contributed by atoms with van der Waals surface area (Å²) >= 11 is 0. The van der Waals surface area contributed by atoms with E-state index in [2.05, 4.69) is 0 Å². The standard InChI is InChI=1S/C8H18O4/c1-3-12-8(5-10,6-11)7(2)4-9/h7,9-11H,3-6H2,1-2H3. The third-order valence-electron chi connectivity index (χ3n) is 2.14. The van der Waals surface area contributed by atoms with Crippen molar-refractivity contribution in [1.82, 2.24) is 0 Å². The van der Waals surface area contributed by atoms with E-state index in [1.54, 1.807) is 13.8 Å². The van der Waals surface area contributed by atoms with Gasteiger partial charge in [-0.2, -0.15) is 0 Å². The van der Waals surface area contributed by atoms with E-state index in [0.717, 1.165) is 0 Å². The predicted octanol–water partition coefficient (Wildman–Crippen LogP) is -0.625. The van der Waals surface area contributed by atoms with E-state index in [1.807, 2.05) is 0 Å². The highest BCUT2D eigenvalue weighted by Gasteiger charge is 2.35. The van der Waals surface area contributed by atoms with Gasteiger partial charge in [0, 0.05) is 19.1 Å². The van der Waals surface area contributed by atoms with Gasteiger partial charge in [0.15, 0.2) is 0 Å². The molecule has 0 bridgehead atoms. The molecule has 0 aliphatic carbocycles. The van der Waals surface area contributed by atoms with Crippen molar-refractivity contribution >= 4 is 0 Å². The smallest absolute Gasteiger partial charge is 0.119 e. The first-order valence-electron chi connectivity index (χ1n) is 4.13. The first-order chi connectivity index (χ1) is 5.66. The van der Waals surface area contributed by atoms with Gasteiger partial charge < -0.3 is 20.1 Å². The molecule has 3 N–H and O–H groups in total. The second-order valence-electron chi connectivity index (χ2n) is 2.90. The number of rotatable bonds is 6. The molecule has 0 saturated carbocycles. The Morgan fingerprint density at radius 3 is 2.00 bits per heavy atom. The number of aliphatic hydroxyl groups excluding tert-OH is 3. The van der Waals surface area contributed by atoms with Gasteiger partial charge in [-0.15, -0.1) is 0 Å². The van der Waals surface area contributed by atoms with Crippen molar-refractivity contribution in [2.24, 2.45) is 5.92 Å². The van der Waals surface area contributed by atoms with Crippen LogP contribution in [0.2, 0.25) is 0 Å². The van der Waals surface area contributed by atoms with Crippen LogP contribution in [0.1, 0.15) is 13.8 Å². The molecule has 0 rings (SSSR count). The molecular formula is C8H18O4. The van der Waals surface area contributed by atoms with Crippen molar-refractivity contribution in [3.05, 3.63) is 0 Å². The molecule has 0 aliphatic rings. The first-order valence-corrected chi connectivity index (χ1v) is 4.13. The van der Waals surface area contributed by atoms with Crippen molar-refractivity contribution in [1.29, 1.82) is 0 Å². The summed E-state index contributed by atoms with van der Waals surface area (Å²) in [5, 5.41) is 26.9. The molecule has 0 spiro atoms. The van der Waals surface area contributed by atoms with Crippen LogP contribution in [0.4, 0.5) is 0 Å². The number of ether oxygens (including phenoxy) is 1. The van der Waals surface area contributed by atoms with Crippen molar-refractivity contribution in [3.63, 3.8) is 0 Å². The highest BCUT2D eigenvalue weighted by molar-refractivity contribution is 4.84. The zero-order valence-electron chi connectivity index (χ0n) is 7.66. The highest BCUT2D eigenvalue weighted by Crippen LogP contribution is 2.20. The zero-order chi connectivity index (χ0) is 9.61. The summed E-state index contributed by atoms with van der Waals surface area (Å²) in [6, 6.07) is 0. The Morgan fingerprint density at radius 1 is 1.25 bits per heavy atom. The van der Waals surface area contributed by atoms with Crippen molar-refractivity contribution in [2.75, 3.05) is 26.4 Å². The Morgan fingerprint density at radius 2 is 1.75 bits per heavy atom. The molecule has 0 aromatic rings. The minimum absolute atomic E-state index is 0.110. The van der Waals surface area contributed by atoms with Crippen LogP contribution in [0.5, 0.6) is 0 Å². The van der Waals surface area contributed by atoms with Crippen molar-refractivity contribution in [3.8, 4) is 0 Å². The monoisotopic (exact) mass is 178 g/mol. The van der Waals surface area contributed by atoms with Crippen LogP contribution < -0.4 is 0 Å². The van der Waals surface area contributed by atoms with E-state index in [9.17, 15) is 0 Å². The van der Waals surface area contributed by atoms with Gasteiger partial charge in [0.1, 0.15) is 5.60 Å². The maximum Gasteiger partial charge on any atom is 0.119 e. The van der Waals surface area contributed by atoms with E-state index in [4.69, 9.17) is 20.1 Å². The van der Waals surface area contributed by atoms with Crippen LogP contribution >= 0.6 is 0 Å². The molecule has 0 amide bonds. The lowest BCUT2D eigenvalue weighted by molar-refractivity contribution is -0.143. The van der Waals surface area contributed by atoms with Gasteiger partial charge in [0.2, 0.25) is 0 Å². The van der Waals surface area contributed by atoms with Gasteiger partial charge in [0.25, 0.3) is 0 Å². The molecule has 0 saturated heterocycles. The van der Waals surface area contributed by atoms with Crippen LogP contribution in [0.15, 0.2) is 0 Å². The molecule has 0 aromatic carbocycles. The molecule has 0 fully saturated rings. The molecule has 1 atom stereocenters. The van der Waals surface area contributed by atoms with Crippen molar-refractivity contribution < 1.29 is 20.1 Å². The summed E-state index contributed by atoms with van der Waals surface area (Å²) in [6.45, 7) is 3.25. The van der Waals surface area contributed by atoms with Crippen molar-refractivity contribution in [2.45, 2.75) is 19.4 Å². The maximum atomic E-state index is 9.01. The third-order valence-corrected chi connectivity index (χ3v) is 2.14. The Hall–Kier alpha value is -0.160. The fraction of sp³-hybridized carbons (Fsp3) is 1.00. The normalized spacial score (nSPS) is 14.8. The van der Waals surface area contributed by atoms with Gasteiger partial charge in [-0.1, -0.05) is 6.92 Å². The Kier molecular flexibility index (Phi) is 5.41. The lowest BCUT2D eigenvalue weighted by Crippen LogP contribution is -2.48. The van der Waals surface area contributed by atoms with Gasteiger partial charge in [-0.3, -0.25) is 0 Å². The third kappa shape index (κ3) is 2.42. The summed E-state index contributed by atoms with van der Waals surface area (Å²) < 4.78 is 5.22. The summed E-state index contributed by atoms with van der Waals surface area (Å²) in [5.41, 5.74) is -0.997. The molecule has 0 aliphatic heterocycles. The van der Waals surface area contributed by atoms with E-state index >= 15 is 0 Å². The molecule has 74 valence electrons. The van der Waals surface area contributed by atoms with Gasteiger partial charge >= 0.3 is 0 Å². The fourth-order valence-corrected chi connectivity index (χ4v) is 1.05. The topological polar surface area (TPSA) is 69.9 Å². The lowest BCUT2D eigenvalue weighted by Gasteiger charge is -2.34. The molecule has 0 radical (unpaired) electrons. The SMILES string of the molecule is CCOC(CO)(CO)C(C)CO. The largest absolute Gasteiger partial charge is 0.396 e. The second-order valence-corrected chi connectivity index (χ2v) is 2.90. The van der Waals surface area contributed by atoms with Crippen LogP contribution in [0, 0.1) is 5.92 Å². The molecule has 0 aromatic heterocycles. The highest BCUT2D eigenvalue weighted by atomic mass is 16.5. The molecule has 4 heteroatoms. The number of hydrogen-bond donors (Lipinski definition) is 3. The molecule has 1 unspecified atom stereocenters. The number of aliphatic hydroxyl groups is 3. The van der Waals surface area contributed by atoms with E-state index in [1.165, 1.54) is 0 Å². The second kappa shape index (κ2) is 5.48. The quantitative estimate of drug-likeness (QED) is 0.506. The molecule has 12 heavy (non-hydrogen) atoms.